The number of nitrogens with zero attached hydrogens (tertiary/aromatic N) is 1. The van der Waals surface area contributed by atoms with E-state index in [2.05, 4.69) is 26.5 Å². The Morgan fingerprint density at radius 3 is 2.37 bits per heavy atom. The molecular weight excluding hydrogens is 408 g/mol. The Morgan fingerprint density at radius 2 is 1.74 bits per heavy atom. The topological polar surface area (TPSA) is 59.9 Å². The monoisotopic (exact) mass is 432 g/mol. The van der Waals surface area contributed by atoms with Gasteiger partial charge in [-0.3, -0.25) is 4.79 Å². The number of amides is 1. The number of hydrazone groups is 1. The highest BCUT2D eigenvalue weighted by Gasteiger charge is 2.08. The van der Waals surface area contributed by atoms with E-state index in [1.807, 2.05) is 70.2 Å². The molecule has 0 spiro atoms. The first-order chi connectivity index (χ1) is 12.8. The van der Waals surface area contributed by atoms with E-state index in [4.69, 9.17) is 9.47 Å². The lowest BCUT2D eigenvalue weighted by Crippen LogP contribution is -2.19. The van der Waals surface area contributed by atoms with Crippen LogP contribution >= 0.6 is 15.9 Å². The number of carbonyl (C=O) groups is 1. The van der Waals surface area contributed by atoms with Crippen molar-refractivity contribution in [3.05, 3.63) is 58.1 Å². The molecule has 0 radical (unpaired) electrons. The van der Waals surface area contributed by atoms with Crippen molar-refractivity contribution in [2.24, 2.45) is 5.10 Å². The van der Waals surface area contributed by atoms with Crippen molar-refractivity contribution in [1.29, 1.82) is 0 Å². The van der Waals surface area contributed by atoms with Gasteiger partial charge in [-0.2, -0.15) is 5.10 Å². The van der Waals surface area contributed by atoms with Gasteiger partial charge in [-0.05, 0) is 57.5 Å². The SMILES string of the molecule is CC(C)Oc1ccc(/C=N/NC(=O)Cc2ccc(Br)cc2)c(OC(C)C)c1. The maximum Gasteiger partial charge on any atom is 0.244 e. The average molecular weight is 433 g/mol. The summed E-state index contributed by atoms with van der Waals surface area (Å²) in [6.45, 7) is 7.85. The Morgan fingerprint density at radius 1 is 1.07 bits per heavy atom. The van der Waals surface area contributed by atoms with Crippen LogP contribution in [0.5, 0.6) is 11.5 Å². The highest BCUT2D eigenvalue weighted by atomic mass is 79.9. The predicted octanol–water partition coefficient (Wildman–Crippen LogP) is 4.72. The van der Waals surface area contributed by atoms with Crippen molar-refractivity contribution in [2.75, 3.05) is 0 Å². The molecule has 27 heavy (non-hydrogen) atoms. The summed E-state index contributed by atoms with van der Waals surface area (Å²) >= 11 is 3.38. The zero-order chi connectivity index (χ0) is 19.8. The number of rotatable bonds is 8. The van der Waals surface area contributed by atoms with Crippen LogP contribution in [0.25, 0.3) is 0 Å². The van der Waals surface area contributed by atoms with Gasteiger partial charge in [0.1, 0.15) is 11.5 Å². The van der Waals surface area contributed by atoms with Crippen LogP contribution in [0, 0.1) is 0 Å². The number of hydrogen-bond donors (Lipinski definition) is 1. The smallest absolute Gasteiger partial charge is 0.244 e. The van der Waals surface area contributed by atoms with Crippen LogP contribution in [0.2, 0.25) is 0 Å². The minimum Gasteiger partial charge on any atom is -0.491 e. The average Bonchev–Trinajstić information content (AvgIpc) is 2.58. The normalized spacial score (nSPS) is 11.2. The van der Waals surface area contributed by atoms with Gasteiger partial charge in [0.15, 0.2) is 0 Å². The molecule has 1 amide bonds. The number of carbonyl (C=O) groups excluding carboxylic acids is 1. The highest BCUT2D eigenvalue weighted by molar-refractivity contribution is 9.10. The van der Waals surface area contributed by atoms with Gasteiger partial charge in [0, 0.05) is 16.1 Å². The van der Waals surface area contributed by atoms with E-state index in [1.165, 1.54) is 0 Å². The summed E-state index contributed by atoms with van der Waals surface area (Å²) in [6, 6.07) is 13.2. The third-order valence-corrected chi connectivity index (χ3v) is 3.92. The third kappa shape index (κ3) is 7.43. The fourth-order valence-electron chi connectivity index (χ4n) is 2.32. The fraction of sp³-hybridized carbons (Fsp3) is 0.333. The van der Waals surface area contributed by atoms with Gasteiger partial charge in [-0.25, -0.2) is 5.43 Å². The van der Waals surface area contributed by atoms with Crippen molar-refractivity contribution in [3.8, 4) is 11.5 Å². The van der Waals surface area contributed by atoms with Crippen molar-refractivity contribution >= 4 is 28.1 Å². The molecule has 2 aromatic rings. The molecular formula is C21H25BrN2O3. The Hall–Kier alpha value is -2.34. The summed E-state index contributed by atoms with van der Waals surface area (Å²) in [4.78, 5) is 12.0. The zero-order valence-corrected chi connectivity index (χ0v) is 17.6. The molecule has 0 aliphatic heterocycles. The Kier molecular flexibility index (Phi) is 7.85. The molecule has 0 heterocycles. The molecule has 2 aromatic carbocycles. The van der Waals surface area contributed by atoms with E-state index in [1.54, 1.807) is 6.21 Å². The van der Waals surface area contributed by atoms with Gasteiger partial charge < -0.3 is 9.47 Å². The lowest BCUT2D eigenvalue weighted by molar-refractivity contribution is -0.120. The first-order valence-corrected chi connectivity index (χ1v) is 9.66. The lowest BCUT2D eigenvalue weighted by atomic mass is 10.1. The highest BCUT2D eigenvalue weighted by Crippen LogP contribution is 2.25. The van der Waals surface area contributed by atoms with Crippen LogP contribution in [0.3, 0.4) is 0 Å². The minimum atomic E-state index is -0.181. The quantitative estimate of drug-likeness (QED) is 0.484. The van der Waals surface area contributed by atoms with Crippen molar-refractivity contribution < 1.29 is 14.3 Å². The first-order valence-electron chi connectivity index (χ1n) is 8.87. The fourth-order valence-corrected chi connectivity index (χ4v) is 2.59. The van der Waals surface area contributed by atoms with Gasteiger partial charge in [0.2, 0.25) is 5.91 Å². The van der Waals surface area contributed by atoms with Crippen LogP contribution in [0.1, 0.15) is 38.8 Å². The second kappa shape index (κ2) is 10.1. The molecule has 0 aliphatic carbocycles. The Bertz CT molecular complexity index is 787. The maximum absolute atomic E-state index is 12.0. The van der Waals surface area contributed by atoms with Crippen LogP contribution in [-0.4, -0.2) is 24.3 Å². The molecule has 0 atom stereocenters. The number of hydrogen-bond acceptors (Lipinski definition) is 4. The summed E-state index contributed by atoms with van der Waals surface area (Å²) in [5.41, 5.74) is 4.24. The Labute approximate surface area is 168 Å². The van der Waals surface area contributed by atoms with E-state index in [-0.39, 0.29) is 24.5 Å². The van der Waals surface area contributed by atoms with E-state index < -0.39 is 0 Å². The van der Waals surface area contributed by atoms with E-state index in [9.17, 15) is 4.79 Å². The number of halogens is 1. The largest absolute Gasteiger partial charge is 0.491 e. The Balaban J connectivity index is 2.03. The summed E-state index contributed by atoms with van der Waals surface area (Å²) in [5, 5.41) is 4.06. The zero-order valence-electron chi connectivity index (χ0n) is 16.0. The molecule has 5 nitrogen and oxygen atoms in total. The molecule has 6 heteroatoms. The number of benzene rings is 2. The number of nitrogens with one attached hydrogen (secondary N) is 1. The van der Waals surface area contributed by atoms with E-state index in [0.717, 1.165) is 21.3 Å². The van der Waals surface area contributed by atoms with Crippen LogP contribution in [0.4, 0.5) is 0 Å². The van der Waals surface area contributed by atoms with Crippen molar-refractivity contribution in [1.82, 2.24) is 5.43 Å². The summed E-state index contributed by atoms with van der Waals surface area (Å²) in [5.74, 6) is 1.21. The van der Waals surface area contributed by atoms with Crippen molar-refractivity contribution in [3.63, 3.8) is 0 Å². The molecule has 0 saturated heterocycles. The molecule has 0 unspecified atom stereocenters. The molecule has 0 fully saturated rings. The van der Waals surface area contributed by atoms with Gasteiger partial charge in [0.05, 0.1) is 24.8 Å². The van der Waals surface area contributed by atoms with Crippen LogP contribution < -0.4 is 14.9 Å². The number of ether oxygens (including phenoxy) is 2. The molecule has 1 N–H and O–H groups in total. The summed E-state index contributed by atoms with van der Waals surface area (Å²) in [7, 11) is 0. The molecule has 144 valence electrons. The van der Waals surface area contributed by atoms with Crippen LogP contribution in [-0.2, 0) is 11.2 Å². The minimum absolute atomic E-state index is 0.0124. The van der Waals surface area contributed by atoms with Gasteiger partial charge in [0.25, 0.3) is 0 Å². The van der Waals surface area contributed by atoms with Gasteiger partial charge >= 0.3 is 0 Å². The molecule has 0 aliphatic rings. The standard InChI is InChI=1S/C21H25BrN2O3/c1-14(2)26-19-10-7-17(20(12-19)27-15(3)4)13-23-24-21(25)11-16-5-8-18(22)9-6-16/h5-10,12-15H,11H2,1-4H3,(H,24,25)/b23-13+. The van der Waals surface area contributed by atoms with E-state index in [0.29, 0.717) is 5.75 Å². The van der Waals surface area contributed by atoms with Gasteiger partial charge in [-0.15, -0.1) is 0 Å². The van der Waals surface area contributed by atoms with E-state index >= 15 is 0 Å². The summed E-state index contributed by atoms with van der Waals surface area (Å²) < 4.78 is 12.5. The van der Waals surface area contributed by atoms with Crippen molar-refractivity contribution in [2.45, 2.75) is 46.3 Å². The summed E-state index contributed by atoms with van der Waals surface area (Å²) in [6.07, 6.45) is 1.94. The third-order valence-electron chi connectivity index (χ3n) is 3.39. The lowest BCUT2D eigenvalue weighted by Gasteiger charge is -2.15. The molecule has 0 bridgehead atoms. The molecule has 0 aromatic heterocycles. The predicted molar refractivity (Wildman–Crippen MR) is 112 cm³/mol. The first kappa shape index (κ1) is 21.0. The van der Waals surface area contributed by atoms with Gasteiger partial charge in [-0.1, -0.05) is 28.1 Å². The molecule has 2 rings (SSSR count). The maximum atomic E-state index is 12.0. The molecule has 0 saturated carbocycles. The van der Waals surface area contributed by atoms with Crippen LogP contribution in [0.15, 0.2) is 52.0 Å². The second-order valence-corrected chi connectivity index (χ2v) is 7.54. The second-order valence-electron chi connectivity index (χ2n) is 6.63.